The summed E-state index contributed by atoms with van der Waals surface area (Å²) in [5.41, 5.74) is 4.36. The van der Waals surface area contributed by atoms with Gasteiger partial charge in [-0.15, -0.1) is 6.42 Å². The Kier molecular flexibility index (Phi) is 6.22. The lowest BCUT2D eigenvalue weighted by molar-refractivity contribution is 0.253. The van der Waals surface area contributed by atoms with Gasteiger partial charge in [0.1, 0.15) is 0 Å². The van der Waals surface area contributed by atoms with Crippen LogP contribution in [0.4, 0.5) is 10.5 Å². The van der Waals surface area contributed by atoms with Crippen LogP contribution in [0.15, 0.2) is 48.5 Å². The van der Waals surface area contributed by atoms with Crippen molar-refractivity contribution in [1.82, 2.24) is 10.6 Å². The van der Waals surface area contributed by atoms with Crippen LogP contribution in [0, 0.1) is 19.3 Å². The van der Waals surface area contributed by atoms with E-state index in [2.05, 4.69) is 53.1 Å². The zero-order chi connectivity index (χ0) is 16.5. The van der Waals surface area contributed by atoms with Gasteiger partial charge in [-0.3, -0.25) is 0 Å². The molecule has 0 atom stereocenters. The molecule has 0 aliphatic heterocycles. The average Bonchev–Trinajstić information content (AvgIpc) is 2.55. The molecule has 2 amide bonds. The summed E-state index contributed by atoms with van der Waals surface area (Å²) in [7, 11) is 0. The molecule has 2 aromatic rings. The van der Waals surface area contributed by atoms with E-state index in [1.54, 1.807) is 0 Å². The van der Waals surface area contributed by atoms with Crippen LogP contribution in [0.25, 0.3) is 0 Å². The highest BCUT2D eigenvalue weighted by Crippen LogP contribution is 2.11. The van der Waals surface area contributed by atoms with Crippen molar-refractivity contribution < 1.29 is 4.79 Å². The van der Waals surface area contributed by atoms with Crippen molar-refractivity contribution in [2.75, 3.05) is 11.9 Å². The van der Waals surface area contributed by atoms with Gasteiger partial charge in [0.2, 0.25) is 0 Å². The molecule has 118 valence electrons. The van der Waals surface area contributed by atoms with E-state index in [1.807, 2.05) is 24.3 Å². The molecular formula is C19H21N3O. The van der Waals surface area contributed by atoms with Crippen LogP contribution in [-0.2, 0) is 13.1 Å². The first-order valence-corrected chi connectivity index (χ1v) is 7.51. The smallest absolute Gasteiger partial charge is 0.319 e. The summed E-state index contributed by atoms with van der Waals surface area (Å²) in [6.07, 6.45) is 5.10. The Balaban J connectivity index is 1.83. The number of terminal acetylenes is 1. The fourth-order valence-corrected chi connectivity index (χ4v) is 2.12. The number of benzene rings is 2. The Morgan fingerprint density at radius 3 is 2.57 bits per heavy atom. The molecule has 3 N–H and O–H groups in total. The number of aryl methyl sites for hydroxylation is 1. The summed E-state index contributed by atoms with van der Waals surface area (Å²) in [6, 6.07) is 15.9. The summed E-state index contributed by atoms with van der Waals surface area (Å²) in [5, 5.41) is 8.72. The van der Waals surface area contributed by atoms with Crippen molar-refractivity contribution in [1.29, 1.82) is 0 Å². The maximum Gasteiger partial charge on any atom is 0.319 e. The number of anilines is 1. The Morgan fingerprint density at radius 1 is 1.09 bits per heavy atom. The molecule has 2 rings (SSSR count). The summed E-state index contributed by atoms with van der Waals surface area (Å²) in [4.78, 5) is 11.6. The first-order valence-electron chi connectivity index (χ1n) is 7.51. The maximum atomic E-state index is 11.6. The highest BCUT2D eigenvalue weighted by molar-refractivity contribution is 5.89. The Hall–Kier alpha value is -2.77. The van der Waals surface area contributed by atoms with Crippen molar-refractivity contribution in [2.24, 2.45) is 0 Å². The SMILES string of the molecule is C#CCNC(=O)Nc1cccc(CNCc2ccc(C)cc2)c1. The molecule has 23 heavy (non-hydrogen) atoms. The number of carbonyl (C=O) groups excluding carboxylic acids is 1. The van der Waals surface area contributed by atoms with Gasteiger partial charge >= 0.3 is 6.03 Å². The minimum atomic E-state index is -0.298. The van der Waals surface area contributed by atoms with E-state index in [0.717, 1.165) is 24.3 Å². The highest BCUT2D eigenvalue weighted by Gasteiger charge is 2.01. The van der Waals surface area contributed by atoms with E-state index in [9.17, 15) is 4.79 Å². The molecule has 0 saturated heterocycles. The van der Waals surface area contributed by atoms with Crippen LogP contribution in [-0.4, -0.2) is 12.6 Å². The lowest BCUT2D eigenvalue weighted by Crippen LogP contribution is -2.28. The standard InChI is InChI=1S/C19H21N3O/c1-3-11-21-19(23)22-18-6-4-5-17(12-18)14-20-13-16-9-7-15(2)8-10-16/h1,4-10,12,20H,11,13-14H2,2H3,(H2,21,22,23). The van der Waals surface area contributed by atoms with Crippen molar-refractivity contribution in [3.63, 3.8) is 0 Å². The van der Waals surface area contributed by atoms with Gasteiger partial charge in [0.15, 0.2) is 0 Å². The molecule has 0 aliphatic carbocycles. The average molecular weight is 307 g/mol. The Bertz CT molecular complexity index is 687. The summed E-state index contributed by atoms with van der Waals surface area (Å²) >= 11 is 0. The maximum absolute atomic E-state index is 11.6. The lowest BCUT2D eigenvalue weighted by Gasteiger charge is -2.09. The number of amides is 2. The van der Waals surface area contributed by atoms with Gasteiger partial charge in [0, 0.05) is 18.8 Å². The Morgan fingerprint density at radius 2 is 1.83 bits per heavy atom. The van der Waals surface area contributed by atoms with Gasteiger partial charge < -0.3 is 16.0 Å². The van der Waals surface area contributed by atoms with E-state index in [1.165, 1.54) is 11.1 Å². The van der Waals surface area contributed by atoms with Crippen LogP contribution < -0.4 is 16.0 Å². The molecule has 0 aromatic heterocycles. The predicted molar refractivity (Wildman–Crippen MR) is 94.0 cm³/mol. The van der Waals surface area contributed by atoms with Crippen molar-refractivity contribution >= 4 is 11.7 Å². The van der Waals surface area contributed by atoms with Crippen LogP contribution in [0.1, 0.15) is 16.7 Å². The molecular weight excluding hydrogens is 286 g/mol. The number of hydrogen-bond acceptors (Lipinski definition) is 2. The third-order valence-corrected chi connectivity index (χ3v) is 3.31. The normalized spacial score (nSPS) is 9.91. The molecule has 0 spiro atoms. The number of hydrogen-bond donors (Lipinski definition) is 3. The lowest BCUT2D eigenvalue weighted by atomic mass is 10.1. The van der Waals surface area contributed by atoms with Crippen LogP contribution in [0.3, 0.4) is 0 Å². The van der Waals surface area contributed by atoms with E-state index in [4.69, 9.17) is 6.42 Å². The predicted octanol–water partition coefficient (Wildman–Crippen LogP) is 3.04. The van der Waals surface area contributed by atoms with Crippen molar-refractivity contribution in [3.8, 4) is 12.3 Å². The number of nitrogens with one attached hydrogen (secondary N) is 3. The van der Waals surface area contributed by atoms with Crippen LogP contribution >= 0.6 is 0 Å². The summed E-state index contributed by atoms with van der Waals surface area (Å²) in [5.74, 6) is 2.36. The molecule has 2 aromatic carbocycles. The minimum absolute atomic E-state index is 0.212. The fraction of sp³-hybridized carbons (Fsp3) is 0.211. The van der Waals surface area contributed by atoms with Crippen molar-refractivity contribution in [3.05, 3.63) is 65.2 Å². The second-order valence-electron chi connectivity index (χ2n) is 5.30. The quantitative estimate of drug-likeness (QED) is 0.719. The number of rotatable bonds is 6. The van der Waals surface area contributed by atoms with Crippen molar-refractivity contribution in [2.45, 2.75) is 20.0 Å². The zero-order valence-corrected chi connectivity index (χ0v) is 13.2. The largest absolute Gasteiger partial charge is 0.327 e. The second-order valence-corrected chi connectivity index (χ2v) is 5.30. The molecule has 0 fully saturated rings. The molecule has 0 heterocycles. The topological polar surface area (TPSA) is 53.2 Å². The fourth-order valence-electron chi connectivity index (χ4n) is 2.12. The van der Waals surface area contributed by atoms with E-state index in [0.29, 0.717) is 0 Å². The number of urea groups is 1. The molecule has 0 radical (unpaired) electrons. The Labute approximate surface area is 137 Å². The minimum Gasteiger partial charge on any atom is -0.327 e. The van der Waals surface area contributed by atoms with Gasteiger partial charge in [-0.05, 0) is 30.2 Å². The van der Waals surface area contributed by atoms with Gasteiger partial charge in [-0.2, -0.15) is 0 Å². The number of carbonyl (C=O) groups is 1. The molecule has 0 bridgehead atoms. The first-order chi connectivity index (χ1) is 11.2. The first kappa shape index (κ1) is 16.6. The molecule has 0 unspecified atom stereocenters. The zero-order valence-electron chi connectivity index (χ0n) is 13.2. The monoisotopic (exact) mass is 307 g/mol. The van der Waals surface area contributed by atoms with E-state index < -0.39 is 0 Å². The summed E-state index contributed by atoms with van der Waals surface area (Å²) in [6.45, 7) is 3.83. The second kappa shape index (κ2) is 8.62. The van der Waals surface area contributed by atoms with E-state index >= 15 is 0 Å². The van der Waals surface area contributed by atoms with Crippen LogP contribution in [0.2, 0.25) is 0 Å². The van der Waals surface area contributed by atoms with Gasteiger partial charge in [0.05, 0.1) is 6.54 Å². The third kappa shape index (κ3) is 5.85. The molecule has 4 heteroatoms. The molecule has 4 nitrogen and oxygen atoms in total. The molecule has 0 saturated carbocycles. The van der Waals surface area contributed by atoms with Crippen LogP contribution in [0.5, 0.6) is 0 Å². The molecule has 0 aliphatic rings. The summed E-state index contributed by atoms with van der Waals surface area (Å²) < 4.78 is 0. The van der Waals surface area contributed by atoms with Gasteiger partial charge in [0.25, 0.3) is 0 Å². The van der Waals surface area contributed by atoms with Gasteiger partial charge in [-0.25, -0.2) is 4.79 Å². The van der Waals surface area contributed by atoms with Gasteiger partial charge in [-0.1, -0.05) is 47.9 Å². The van der Waals surface area contributed by atoms with E-state index in [-0.39, 0.29) is 12.6 Å². The third-order valence-electron chi connectivity index (χ3n) is 3.31. The highest BCUT2D eigenvalue weighted by atomic mass is 16.2.